The third-order valence-electron chi connectivity index (χ3n) is 4.30. The van der Waals surface area contributed by atoms with Crippen molar-refractivity contribution in [3.63, 3.8) is 0 Å². The highest BCUT2D eigenvalue weighted by molar-refractivity contribution is 7.09. The van der Waals surface area contributed by atoms with Crippen LogP contribution in [-0.2, 0) is 13.0 Å². The molecule has 1 aromatic carbocycles. The number of halogens is 1. The number of aromatic nitrogens is 1. The second kappa shape index (κ2) is 7.66. The first-order valence-electron chi connectivity index (χ1n) is 8.26. The summed E-state index contributed by atoms with van der Waals surface area (Å²) in [5.41, 5.74) is 3.62. The molecule has 0 aliphatic carbocycles. The molecule has 0 bridgehead atoms. The molecule has 0 atom stereocenters. The van der Waals surface area contributed by atoms with Gasteiger partial charge < -0.3 is 9.88 Å². The summed E-state index contributed by atoms with van der Waals surface area (Å²) in [5.74, 6) is -0.331. The van der Waals surface area contributed by atoms with E-state index in [1.807, 2.05) is 32.0 Å². The topological polar surface area (TPSA) is 34.0 Å². The van der Waals surface area contributed by atoms with E-state index in [1.165, 1.54) is 17.0 Å². The van der Waals surface area contributed by atoms with Crippen molar-refractivity contribution in [1.29, 1.82) is 0 Å². The number of nitrogens with one attached hydrogen (secondary N) is 1. The Labute approximate surface area is 151 Å². The summed E-state index contributed by atoms with van der Waals surface area (Å²) in [6, 6.07) is 12.5. The summed E-state index contributed by atoms with van der Waals surface area (Å²) in [7, 11) is 0. The molecule has 5 heteroatoms. The largest absolute Gasteiger partial charge is 0.352 e. The van der Waals surface area contributed by atoms with Crippen molar-refractivity contribution in [1.82, 2.24) is 9.88 Å². The van der Waals surface area contributed by atoms with Gasteiger partial charge in [-0.15, -0.1) is 11.3 Å². The van der Waals surface area contributed by atoms with Gasteiger partial charge in [-0.3, -0.25) is 4.79 Å². The Morgan fingerprint density at radius 2 is 2.04 bits per heavy atom. The quantitative estimate of drug-likeness (QED) is 0.701. The average Bonchev–Trinajstić information content (AvgIpc) is 3.18. The van der Waals surface area contributed by atoms with E-state index in [4.69, 9.17) is 0 Å². The summed E-state index contributed by atoms with van der Waals surface area (Å²) >= 11 is 1.71. The molecule has 3 nitrogen and oxygen atoms in total. The van der Waals surface area contributed by atoms with Crippen LogP contribution in [0.3, 0.4) is 0 Å². The van der Waals surface area contributed by atoms with Crippen LogP contribution < -0.4 is 5.32 Å². The molecule has 0 unspecified atom stereocenters. The van der Waals surface area contributed by atoms with E-state index in [0.29, 0.717) is 18.5 Å². The predicted molar refractivity (Wildman–Crippen MR) is 99.8 cm³/mol. The molecule has 0 saturated heterocycles. The van der Waals surface area contributed by atoms with Gasteiger partial charge in [0.05, 0.1) is 12.1 Å². The monoisotopic (exact) mass is 356 g/mol. The van der Waals surface area contributed by atoms with E-state index in [-0.39, 0.29) is 11.7 Å². The number of thiophene rings is 1. The molecule has 2 aromatic heterocycles. The fourth-order valence-electron chi connectivity index (χ4n) is 2.94. The zero-order valence-electron chi connectivity index (χ0n) is 14.4. The number of nitrogens with zero attached hydrogens (tertiary/aromatic N) is 1. The van der Waals surface area contributed by atoms with Gasteiger partial charge in [-0.1, -0.05) is 18.2 Å². The van der Waals surface area contributed by atoms with Crippen LogP contribution in [0.25, 0.3) is 0 Å². The Balaban J connectivity index is 1.64. The van der Waals surface area contributed by atoms with Crippen molar-refractivity contribution >= 4 is 17.2 Å². The molecular weight excluding hydrogens is 335 g/mol. The molecular formula is C20H21FN2OS. The summed E-state index contributed by atoms with van der Waals surface area (Å²) in [6.45, 7) is 5.26. The fourth-order valence-corrected chi connectivity index (χ4v) is 3.63. The lowest BCUT2D eigenvalue weighted by atomic mass is 10.1. The third-order valence-corrected chi connectivity index (χ3v) is 5.16. The van der Waals surface area contributed by atoms with Crippen molar-refractivity contribution in [3.8, 4) is 0 Å². The smallest absolute Gasteiger partial charge is 0.253 e. The number of amides is 1. The van der Waals surface area contributed by atoms with Crippen molar-refractivity contribution < 1.29 is 9.18 Å². The molecule has 0 aliphatic rings. The minimum atomic E-state index is -0.249. The van der Waals surface area contributed by atoms with Crippen LogP contribution in [0.4, 0.5) is 4.39 Å². The normalized spacial score (nSPS) is 10.8. The van der Waals surface area contributed by atoms with Crippen molar-refractivity contribution in [2.45, 2.75) is 26.8 Å². The Bertz CT molecular complexity index is 868. The SMILES string of the molecule is Cc1cc(C(=O)NCCc2cccc(F)c2)c(C)n1Cc1cccs1. The minimum absolute atomic E-state index is 0.0815. The van der Waals surface area contributed by atoms with Crippen LogP contribution in [0, 0.1) is 19.7 Å². The summed E-state index contributed by atoms with van der Waals surface area (Å²) in [5, 5.41) is 4.99. The molecule has 0 saturated carbocycles. The molecule has 0 radical (unpaired) electrons. The molecule has 0 aliphatic heterocycles. The highest BCUT2D eigenvalue weighted by Crippen LogP contribution is 2.19. The maximum Gasteiger partial charge on any atom is 0.253 e. The predicted octanol–water partition coefficient (Wildman–Crippen LogP) is 4.33. The Hall–Kier alpha value is -2.40. The van der Waals surface area contributed by atoms with Gasteiger partial charge in [0.25, 0.3) is 5.91 Å². The highest BCUT2D eigenvalue weighted by atomic mass is 32.1. The third kappa shape index (κ3) is 4.17. The van der Waals surface area contributed by atoms with Crippen LogP contribution in [0.1, 0.15) is 32.2 Å². The molecule has 1 amide bonds. The van der Waals surface area contributed by atoms with Crippen molar-refractivity contribution in [2.75, 3.05) is 6.54 Å². The van der Waals surface area contributed by atoms with Gasteiger partial charge in [-0.05, 0) is 55.5 Å². The molecule has 3 rings (SSSR count). The average molecular weight is 356 g/mol. The van der Waals surface area contributed by atoms with Gasteiger partial charge in [-0.25, -0.2) is 4.39 Å². The number of carbonyl (C=O) groups is 1. The molecule has 0 fully saturated rings. The molecule has 25 heavy (non-hydrogen) atoms. The molecule has 1 N–H and O–H groups in total. The van der Waals surface area contributed by atoms with Crippen LogP contribution in [0.2, 0.25) is 0 Å². The summed E-state index contributed by atoms with van der Waals surface area (Å²) in [4.78, 5) is 13.8. The van der Waals surface area contributed by atoms with E-state index < -0.39 is 0 Å². The second-order valence-corrected chi connectivity index (χ2v) is 7.12. The van der Waals surface area contributed by atoms with E-state index in [2.05, 4.69) is 21.3 Å². The molecule has 0 spiro atoms. The standard InChI is InChI=1S/C20H21FN2OS/c1-14-11-19(15(2)23(14)13-18-7-4-10-25-18)20(24)22-9-8-16-5-3-6-17(21)12-16/h3-7,10-12H,8-9,13H2,1-2H3,(H,22,24). The first-order valence-corrected chi connectivity index (χ1v) is 9.14. The van der Waals surface area contributed by atoms with Crippen LogP contribution in [0.5, 0.6) is 0 Å². The zero-order valence-corrected chi connectivity index (χ0v) is 15.2. The van der Waals surface area contributed by atoms with E-state index in [1.54, 1.807) is 17.4 Å². The maximum atomic E-state index is 13.2. The minimum Gasteiger partial charge on any atom is -0.352 e. The lowest BCUT2D eigenvalue weighted by molar-refractivity contribution is 0.0953. The van der Waals surface area contributed by atoms with Gasteiger partial charge in [0.15, 0.2) is 0 Å². The fraction of sp³-hybridized carbons (Fsp3) is 0.250. The lowest BCUT2D eigenvalue weighted by Gasteiger charge is -2.09. The summed E-state index contributed by atoms with van der Waals surface area (Å²) in [6.07, 6.45) is 0.609. The van der Waals surface area contributed by atoms with Crippen molar-refractivity contribution in [3.05, 3.63) is 81.1 Å². The first-order chi connectivity index (χ1) is 12.0. The number of hydrogen-bond donors (Lipinski definition) is 1. The van der Waals surface area contributed by atoms with Crippen LogP contribution in [0.15, 0.2) is 47.8 Å². The Morgan fingerprint density at radius 3 is 2.76 bits per heavy atom. The maximum absolute atomic E-state index is 13.2. The summed E-state index contributed by atoms with van der Waals surface area (Å²) < 4.78 is 15.3. The molecule has 2 heterocycles. The van der Waals surface area contributed by atoms with Crippen LogP contribution >= 0.6 is 11.3 Å². The number of rotatable bonds is 6. The Kier molecular flexibility index (Phi) is 5.34. The van der Waals surface area contributed by atoms with Gasteiger partial charge >= 0.3 is 0 Å². The second-order valence-electron chi connectivity index (χ2n) is 6.09. The number of benzene rings is 1. The Morgan fingerprint density at radius 1 is 1.20 bits per heavy atom. The number of hydrogen-bond acceptors (Lipinski definition) is 2. The first kappa shape index (κ1) is 17.4. The van der Waals surface area contributed by atoms with Gasteiger partial charge in [-0.2, -0.15) is 0 Å². The van der Waals surface area contributed by atoms with E-state index >= 15 is 0 Å². The van der Waals surface area contributed by atoms with Crippen molar-refractivity contribution in [2.24, 2.45) is 0 Å². The van der Waals surface area contributed by atoms with Gasteiger partial charge in [0.2, 0.25) is 0 Å². The van der Waals surface area contributed by atoms with Crippen LogP contribution in [-0.4, -0.2) is 17.0 Å². The van der Waals surface area contributed by atoms with Gasteiger partial charge in [0, 0.05) is 22.8 Å². The number of carbonyl (C=O) groups excluding carboxylic acids is 1. The van der Waals surface area contributed by atoms with E-state index in [0.717, 1.165) is 23.5 Å². The lowest BCUT2D eigenvalue weighted by Crippen LogP contribution is -2.26. The molecule has 130 valence electrons. The highest BCUT2D eigenvalue weighted by Gasteiger charge is 2.15. The zero-order chi connectivity index (χ0) is 17.8. The van der Waals surface area contributed by atoms with E-state index in [9.17, 15) is 9.18 Å². The number of aryl methyl sites for hydroxylation is 1. The van der Waals surface area contributed by atoms with Gasteiger partial charge in [0.1, 0.15) is 5.82 Å². The molecule has 3 aromatic rings.